The maximum absolute atomic E-state index is 12.0. The van der Waals surface area contributed by atoms with Crippen molar-refractivity contribution in [3.63, 3.8) is 0 Å². The van der Waals surface area contributed by atoms with Crippen molar-refractivity contribution in [2.24, 2.45) is 0 Å². The van der Waals surface area contributed by atoms with Crippen LogP contribution in [-0.4, -0.2) is 146 Å². The smallest absolute Gasteiger partial charge is 0.407 e. The number of unbranched alkanes of at least 4 members (excludes halogenated alkanes) is 9. The van der Waals surface area contributed by atoms with Crippen LogP contribution in [0.3, 0.4) is 0 Å². The second kappa shape index (κ2) is 34.0. The molecule has 3 atom stereocenters. The van der Waals surface area contributed by atoms with Gasteiger partial charge in [-0.15, -0.1) is 0 Å². The van der Waals surface area contributed by atoms with Gasteiger partial charge in [-0.05, 0) is 31.4 Å². The number of thioether (sulfide) groups is 1. The summed E-state index contributed by atoms with van der Waals surface area (Å²) >= 11 is 6.13. The van der Waals surface area contributed by atoms with Crippen LogP contribution in [-0.2, 0) is 38.0 Å². The Morgan fingerprint density at radius 1 is 0.615 bits per heavy atom. The topological polar surface area (TPSA) is 164 Å². The number of rotatable bonds is 37. The first kappa shape index (κ1) is 46.6. The summed E-state index contributed by atoms with van der Waals surface area (Å²) in [6, 6.07) is 0.342. The second-order valence-electron chi connectivity index (χ2n) is 12.9. The number of carbonyl (C=O) groups is 3. The van der Waals surface area contributed by atoms with Crippen molar-refractivity contribution in [2.45, 2.75) is 101 Å². The first-order valence-electron chi connectivity index (χ1n) is 19.5. The average Bonchev–Trinajstić information content (AvgIpc) is 3.70. The molecule has 2 aliphatic heterocycles. The van der Waals surface area contributed by atoms with Crippen LogP contribution >= 0.6 is 24.4 Å². The number of hydrogen-bond donors (Lipinski definition) is 5. The van der Waals surface area contributed by atoms with Crippen LogP contribution in [0.2, 0.25) is 0 Å². The van der Waals surface area contributed by atoms with E-state index < -0.39 is 6.09 Å². The lowest BCUT2D eigenvalue weighted by molar-refractivity contribution is -0.121. The van der Waals surface area contributed by atoms with Gasteiger partial charge in [-0.2, -0.15) is 24.4 Å². The van der Waals surface area contributed by atoms with Gasteiger partial charge in [0.15, 0.2) is 0 Å². The van der Waals surface area contributed by atoms with E-state index in [0.29, 0.717) is 84.3 Å². The molecule has 16 heteroatoms. The quantitative estimate of drug-likeness (QED) is 0.0351. The standard InChI is InChI=1S/C36H68N4O10S2/c41-33(13-9-8-12-32-34-31(30-52-32)39-35(42)40-34)37-14-15-38-36(43)50-28-27-49-26-25-48-24-23-47-22-21-46-20-19-45-18-17-44-16-10-6-4-2-1-3-5-7-11-29-51/h31-32,34,51H,1-30H2,(H,37,41)(H,38,43)(H2,39,40,42)/t31-,32-,34-/m0/s1. The number of urea groups is 1. The Kier molecular flexibility index (Phi) is 30.5. The minimum absolute atomic E-state index is 0.0406. The molecule has 0 spiro atoms. The van der Waals surface area contributed by atoms with Gasteiger partial charge in [0.25, 0.3) is 0 Å². The zero-order valence-electron chi connectivity index (χ0n) is 31.4. The summed E-state index contributed by atoms with van der Waals surface area (Å²) in [4.78, 5) is 35.3. The summed E-state index contributed by atoms with van der Waals surface area (Å²) in [7, 11) is 0. The highest BCUT2D eigenvalue weighted by molar-refractivity contribution is 8.00. The summed E-state index contributed by atoms with van der Waals surface area (Å²) in [5.41, 5.74) is 0. The molecule has 0 aromatic carbocycles. The molecule has 4 amide bonds. The largest absolute Gasteiger partial charge is 0.447 e. The molecule has 2 heterocycles. The zero-order valence-corrected chi connectivity index (χ0v) is 33.1. The van der Waals surface area contributed by atoms with Gasteiger partial charge >= 0.3 is 12.1 Å². The van der Waals surface area contributed by atoms with Gasteiger partial charge in [0, 0.05) is 37.1 Å². The fraction of sp³-hybridized carbons (Fsp3) is 0.917. The van der Waals surface area contributed by atoms with Gasteiger partial charge < -0.3 is 54.4 Å². The molecule has 0 bridgehead atoms. The van der Waals surface area contributed by atoms with Gasteiger partial charge in [-0.3, -0.25) is 4.79 Å². The summed E-state index contributed by atoms with van der Waals surface area (Å²) in [5, 5.41) is 11.7. The Bertz CT molecular complexity index is 898. The molecule has 0 saturated carbocycles. The zero-order chi connectivity index (χ0) is 37.2. The number of ether oxygens (including phenoxy) is 7. The Morgan fingerprint density at radius 3 is 1.69 bits per heavy atom. The molecule has 2 rings (SSSR count). The van der Waals surface area contributed by atoms with E-state index in [1.54, 1.807) is 0 Å². The number of thiol groups is 1. The van der Waals surface area contributed by atoms with Crippen molar-refractivity contribution in [3.8, 4) is 0 Å². The monoisotopic (exact) mass is 780 g/mol. The van der Waals surface area contributed by atoms with Crippen LogP contribution in [0.4, 0.5) is 9.59 Å². The number of carbonyl (C=O) groups excluding carboxylic acids is 3. The van der Waals surface area contributed by atoms with Gasteiger partial charge in [0.1, 0.15) is 6.61 Å². The van der Waals surface area contributed by atoms with E-state index >= 15 is 0 Å². The number of hydrogen-bond acceptors (Lipinski definition) is 12. The molecule has 0 aromatic rings. The van der Waals surface area contributed by atoms with Crippen molar-refractivity contribution in [3.05, 3.63) is 0 Å². The summed E-state index contributed by atoms with van der Waals surface area (Å²) in [5.74, 6) is 1.91. The first-order valence-corrected chi connectivity index (χ1v) is 21.2. The molecule has 0 unspecified atom stereocenters. The predicted molar refractivity (Wildman–Crippen MR) is 207 cm³/mol. The van der Waals surface area contributed by atoms with E-state index in [4.69, 9.17) is 33.2 Å². The first-order chi connectivity index (χ1) is 25.6. The second-order valence-corrected chi connectivity index (χ2v) is 14.6. The van der Waals surface area contributed by atoms with Gasteiger partial charge in [0.05, 0.1) is 84.8 Å². The van der Waals surface area contributed by atoms with Crippen LogP contribution in [0.1, 0.15) is 83.5 Å². The average molecular weight is 781 g/mol. The van der Waals surface area contributed by atoms with Crippen molar-refractivity contribution in [1.29, 1.82) is 0 Å². The van der Waals surface area contributed by atoms with Crippen molar-refractivity contribution >= 4 is 42.4 Å². The molecule has 304 valence electrons. The fourth-order valence-electron chi connectivity index (χ4n) is 5.73. The lowest BCUT2D eigenvalue weighted by Gasteiger charge is -2.16. The Balaban J connectivity index is 1.18. The van der Waals surface area contributed by atoms with Gasteiger partial charge in [-0.1, -0.05) is 51.4 Å². The van der Waals surface area contributed by atoms with Crippen LogP contribution in [0, 0.1) is 0 Å². The lowest BCUT2D eigenvalue weighted by Crippen LogP contribution is -2.36. The number of nitrogens with one attached hydrogen (secondary N) is 4. The van der Waals surface area contributed by atoms with E-state index in [9.17, 15) is 14.4 Å². The van der Waals surface area contributed by atoms with Crippen molar-refractivity contribution in [1.82, 2.24) is 21.3 Å². The summed E-state index contributed by atoms with van der Waals surface area (Å²) < 4.78 is 38.1. The third kappa shape index (κ3) is 26.3. The maximum atomic E-state index is 12.0. The molecule has 4 N–H and O–H groups in total. The molecule has 14 nitrogen and oxygen atoms in total. The SMILES string of the molecule is O=C(CCCC[C@@H]1SC[C@@H]2NC(=O)N[C@@H]21)NCCNC(=O)OCCOCCOCCOCCOCCOCCOCCCCCCCCCCCS. The van der Waals surface area contributed by atoms with E-state index in [2.05, 4.69) is 33.9 Å². The third-order valence-electron chi connectivity index (χ3n) is 8.56. The molecular formula is C36H68N4O10S2. The number of fused-ring (bicyclic) bond motifs is 1. The molecule has 0 aliphatic carbocycles. The number of alkyl carbamates (subject to hydrolysis) is 1. The molecule has 2 fully saturated rings. The molecule has 2 saturated heterocycles. The van der Waals surface area contributed by atoms with Gasteiger partial charge in [-0.25, -0.2) is 9.59 Å². The highest BCUT2D eigenvalue weighted by Crippen LogP contribution is 2.33. The van der Waals surface area contributed by atoms with Crippen LogP contribution in [0.25, 0.3) is 0 Å². The molecule has 52 heavy (non-hydrogen) atoms. The molecule has 0 aromatic heterocycles. The maximum Gasteiger partial charge on any atom is 0.407 e. The van der Waals surface area contributed by atoms with Crippen LogP contribution in [0.5, 0.6) is 0 Å². The Hall–Kier alpha value is -1.53. The van der Waals surface area contributed by atoms with E-state index in [1.165, 1.54) is 51.4 Å². The van der Waals surface area contributed by atoms with E-state index in [-0.39, 0.29) is 43.8 Å². The van der Waals surface area contributed by atoms with Crippen LogP contribution < -0.4 is 21.3 Å². The van der Waals surface area contributed by atoms with Crippen LogP contribution in [0.15, 0.2) is 0 Å². The summed E-state index contributed by atoms with van der Waals surface area (Å²) in [6.07, 6.45) is 14.2. The van der Waals surface area contributed by atoms with Crippen molar-refractivity contribution < 1.29 is 47.5 Å². The molecule has 2 aliphatic rings. The lowest BCUT2D eigenvalue weighted by atomic mass is 10.0. The minimum Gasteiger partial charge on any atom is -0.447 e. The van der Waals surface area contributed by atoms with Gasteiger partial charge in [0.2, 0.25) is 5.91 Å². The predicted octanol–water partition coefficient (Wildman–Crippen LogP) is 4.09. The highest BCUT2D eigenvalue weighted by Gasteiger charge is 2.42. The third-order valence-corrected chi connectivity index (χ3v) is 10.4. The van der Waals surface area contributed by atoms with E-state index in [1.807, 2.05) is 11.8 Å². The number of amides is 4. The Labute approximate surface area is 321 Å². The highest BCUT2D eigenvalue weighted by atomic mass is 32.2. The minimum atomic E-state index is -0.554. The fourth-order valence-corrected chi connectivity index (χ4v) is 7.50. The summed E-state index contributed by atoms with van der Waals surface area (Å²) in [6.45, 7) is 6.82. The Morgan fingerprint density at radius 2 is 1.12 bits per heavy atom. The van der Waals surface area contributed by atoms with E-state index in [0.717, 1.165) is 43.8 Å². The molecule has 0 radical (unpaired) electrons. The van der Waals surface area contributed by atoms with Crippen molar-refractivity contribution in [2.75, 3.05) is 110 Å². The molecular weight excluding hydrogens is 713 g/mol. The normalized spacial score (nSPS) is 17.9.